The average molecular weight is 792 g/mol. The van der Waals surface area contributed by atoms with Crippen LogP contribution in [0.4, 0.5) is 32.4 Å². The summed E-state index contributed by atoms with van der Waals surface area (Å²) in [5.41, 5.74) is -3.12. The second-order valence-electron chi connectivity index (χ2n) is 17.4. The number of carbonyl (C=O) groups is 2. The summed E-state index contributed by atoms with van der Waals surface area (Å²) in [5, 5.41) is 26.6. The Bertz CT molecular complexity index is 1850. The Morgan fingerprint density at radius 3 is 2.18 bits per heavy atom. The molecule has 4 fully saturated rings. The summed E-state index contributed by atoms with van der Waals surface area (Å²) in [4.78, 5) is 24.5. The average Bonchev–Trinajstić information content (AvgIpc) is 3.42. The summed E-state index contributed by atoms with van der Waals surface area (Å²) in [6.45, 7) is 8.14. The number of allylic oxidation sites excluding steroid dienone is 1. The number of benzene rings is 2. The zero-order chi connectivity index (χ0) is 40.5. The number of amides is 1. The van der Waals surface area contributed by atoms with Crippen molar-refractivity contribution >= 4 is 17.7 Å². The van der Waals surface area contributed by atoms with E-state index in [9.17, 15) is 33.0 Å². The lowest BCUT2D eigenvalue weighted by atomic mass is 9.49. The number of fused-ring (bicyclic) bond motifs is 4. The summed E-state index contributed by atoms with van der Waals surface area (Å²) in [7, 11) is 0. The van der Waals surface area contributed by atoms with E-state index in [2.05, 4.69) is 5.32 Å². The molecule has 1 saturated heterocycles. The fraction of sp³-hybridized carbons (Fsp3) is 0.619. The Labute approximate surface area is 322 Å². The maximum atomic E-state index is 15.5. The number of aliphatic hydroxyl groups is 2. The van der Waals surface area contributed by atoms with Crippen molar-refractivity contribution in [2.45, 2.75) is 121 Å². The van der Waals surface area contributed by atoms with Crippen LogP contribution in [0.3, 0.4) is 0 Å². The fourth-order valence-electron chi connectivity index (χ4n) is 10.4. The molecule has 6 atom stereocenters. The third kappa shape index (κ3) is 6.81. The number of alkyl halides is 5. The molecule has 14 heteroatoms. The van der Waals surface area contributed by atoms with Gasteiger partial charge in [0.15, 0.2) is 5.79 Å². The molecule has 9 nitrogen and oxygen atoms in total. The molecule has 1 heterocycles. The molecule has 5 aliphatic rings. The van der Waals surface area contributed by atoms with Crippen LogP contribution in [0.15, 0.2) is 59.7 Å². The van der Waals surface area contributed by atoms with Crippen LogP contribution >= 0.6 is 0 Å². The number of nitrogens with one attached hydrogen (secondary N) is 1. The van der Waals surface area contributed by atoms with Crippen molar-refractivity contribution in [1.82, 2.24) is 0 Å². The highest BCUT2D eigenvalue weighted by molar-refractivity contribution is 5.91. The largest absolute Gasteiger partial charge is 0.462 e. The first kappa shape index (κ1) is 40.6. The molecule has 0 aromatic heterocycles. The minimum atomic E-state index is -5.95. The Morgan fingerprint density at radius 2 is 1.55 bits per heavy atom. The Balaban J connectivity index is 1.16. The van der Waals surface area contributed by atoms with Gasteiger partial charge in [-0.25, -0.2) is 9.59 Å². The van der Waals surface area contributed by atoms with E-state index in [0.29, 0.717) is 54.9 Å². The van der Waals surface area contributed by atoms with Crippen molar-refractivity contribution in [2.24, 2.45) is 22.7 Å². The number of halogens is 5. The standard InChI is InChI=1S/C42H50F5NO8/c1-5-53-34(49)27-10-12-28(13-11-27)48-35(50)54-21-25-6-8-26(9-7-25)30-20-37(4)31(16-19-40(37,52)41(43,44)42(45,46)47)29-14-17-38(51)22-39(18-15-32(38)33(29)30)55-23-36(2,3)24-56-39/h6-13,29-31,51-52H,5,14-24H2,1-4H3,(H,48,50)/t29-,30+,31-,37-,38+,40-/m0/s1. The minimum absolute atomic E-state index is 0.00953. The van der Waals surface area contributed by atoms with Gasteiger partial charge in [0.2, 0.25) is 0 Å². The van der Waals surface area contributed by atoms with Gasteiger partial charge < -0.3 is 29.2 Å². The number of hydrogen-bond donors (Lipinski definition) is 3. The van der Waals surface area contributed by atoms with Crippen molar-refractivity contribution < 1.29 is 60.7 Å². The van der Waals surface area contributed by atoms with E-state index in [1.165, 1.54) is 31.2 Å². The molecule has 2 aromatic rings. The van der Waals surface area contributed by atoms with E-state index in [4.69, 9.17) is 18.9 Å². The zero-order valence-electron chi connectivity index (χ0n) is 32.1. The number of anilines is 1. The van der Waals surface area contributed by atoms with Crippen molar-refractivity contribution in [2.75, 3.05) is 25.1 Å². The molecule has 3 saturated carbocycles. The fourth-order valence-corrected chi connectivity index (χ4v) is 10.4. The van der Waals surface area contributed by atoms with Gasteiger partial charge >= 0.3 is 24.2 Å². The minimum Gasteiger partial charge on any atom is -0.462 e. The summed E-state index contributed by atoms with van der Waals surface area (Å²) in [6, 6.07) is 13.0. The molecule has 0 unspecified atom stereocenters. The number of rotatable bonds is 7. The van der Waals surface area contributed by atoms with Crippen LogP contribution in [0.2, 0.25) is 0 Å². The van der Waals surface area contributed by atoms with E-state index in [0.717, 1.165) is 11.1 Å². The SMILES string of the molecule is CCOC(=O)c1ccc(NC(=O)OCc2ccc([C@H]3C[C@@]4(C)[C@@H](CC[C@@]4(O)C(F)(F)C(F)(F)F)[C@@H]4CC[C@@]5(O)CC6(CCC5=C43)OCC(C)(C)CO6)cc2)cc1. The van der Waals surface area contributed by atoms with E-state index in [1.807, 2.05) is 13.8 Å². The Kier molecular flexibility index (Phi) is 10.2. The lowest BCUT2D eigenvalue weighted by Crippen LogP contribution is -2.65. The molecule has 2 aromatic carbocycles. The topological polar surface area (TPSA) is 124 Å². The first-order valence-electron chi connectivity index (χ1n) is 19.4. The van der Waals surface area contributed by atoms with Crippen LogP contribution < -0.4 is 5.32 Å². The molecule has 306 valence electrons. The van der Waals surface area contributed by atoms with Gasteiger partial charge in [0.25, 0.3) is 0 Å². The van der Waals surface area contributed by atoms with Gasteiger partial charge in [-0.3, -0.25) is 5.32 Å². The third-order valence-electron chi connectivity index (χ3n) is 13.3. The highest BCUT2D eigenvalue weighted by atomic mass is 19.4. The second-order valence-corrected chi connectivity index (χ2v) is 17.4. The van der Waals surface area contributed by atoms with Crippen molar-refractivity contribution in [3.8, 4) is 0 Å². The van der Waals surface area contributed by atoms with Gasteiger partial charge in [-0.15, -0.1) is 0 Å². The van der Waals surface area contributed by atoms with Gasteiger partial charge in [-0.05, 0) is 98.2 Å². The third-order valence-corrected chi connectivity index (χ3v) is 13.3. The summed E-state index contributed by atoms with van der Waals surface area (Å²) in [5.74, 6) is -8.62. The number of hydrogen-bond acceptors (Lipinski definition) is 8. The number of ether oxygens (including phenoxy) is 4. The van der Waals surface area contributed by atoms with Crippen LogP contribution in [-0.4, -0.2) is 71.2 Å². The molecule has 1 aliphatic heterocycles. The van der Waals surface area contributed by atoms with Crippen LogP contribution in [0.5, 0.6) is 0 Å². The molecule has 1 spiro atoms. The molecule has 4 aliphatic carbocycles. The molecule has 1 amide bonds. The van der Waals surface area contributed by atoms with Crippen LogP contribution in [0.1, 0.15) is 106 Å². The predicted molar refractivity (Wildman–Crippen MR) is 194 cm³/mol. The van der Waals surface area contributed by atoms with E-state index < -0.39 is 70.7 Å². The predicted octanol–water partition coefficient (Wildman–Crippen LogP) is 8.84. The second kappa shape index (κ2) is 14.1. The van der Waals surface area contributed by atoms with E-state index in [1.54, 1.807) is 31.2 Å². The van der Waals surface area contributed by atoms with Crippen molar-refractivity contribution in [3.63, 3.8) is 0 Å². The molecule has 0 radical (unpaired) electrons. The van der Waals surface area contributed by atoms with E-state index in [-0.39, 0.29) is 44.3 Å². The van der Waals surface area contributed by atoms with Gasteiger partial charge in [0.05, 0.1) is 31.0 Å². The lowest BCUT2D eigenvalue weighted by Gasteiger charge is -2.59. The lowest BCUT2D eigenvalue weighted by molar-refractivity contribution is -0.362. The summed E-state index contributed by atoms with van der Waals surface area (Å²) < 4.78 is 96.0. The summed E-state index contributed by atoms with van der Waals surface area (Å²) >= 11 is 0. The first-order valence-corrected chi connectivity index (χ1v) is 19.4. The van der Waals surface area contributed by atoms with Gasteiger partial charge in [0, 0.05) is 35.3 Å². The Hall–Kier alpha value is -3.59. The number of esters is 1. The van der Waals surface area contributed by atoms with Gasteiger partial charge in [-0.2, -0.15) is 22.0 Å². The van der Waals surface area contributed by atoms with Crippen LogP contribution in [0, 0.1) is 22.7 Å². The maximum absolute atomic E-state index is 15.5. The molecule has 7 rings (SSSR count). The van der Waals surface area contributed by atoms with Crippen molar-refractivity contribution in [3.05, 3.63) is 76.4 Å². The number of carbonyl (C=O) groups excluding carboxylic acids is 2. The van der Waals surface area contributed by atoms with Crippen LogP contribution in [0.25, 0.3) is 0 Å². The monoisotopic (exact) mass is 791 g/mol. The first-order chi connectivity index (χ1) is 26.2. The Morgan fingerprint density at radius 1 is 0.893 bits per heavy atom. The highest BCUT2D eigenvalue weighted by Crippen LogP contribution is 2.71. The van der Waals surface area contributed by atoms with E-state index >= 15 is 8.78 Å². The molecule has 56 heavy (non-hydrogen) atoms. The molecule has 3 N–H and O–H groups in total. The quantitative estimate of drug-likeness (QED) is 0.145. The van der Waals surface area contributed by atoms with Crippen molar-refractivity contribution in [1.29, 1.82) is 0 Å². The molecular formula is C42H50F5NO8. The summed E-state index contributed by atoms with van der Waals surface area (Å²) in [6.07, 6.45) is -5.97. The van der Waals surface area contributed by atoms with Gasteiger partial charge in [-0.1, -0.05) is 50.6 Å². The zero-order valence-corrected chi connectivity index (χ0v) is 32.1. The van der Waals surface area contributed by atoms with Gasteiger partial charge in [0.1, 0.15) is 12.2 Å². The smallest absolute Gasteiger partial charge is 0.456 e. The van der Waals surface area contributed by atoms with Crippen LogP contribution in [-0.2, 0) is 25.6 Å². The normalized spacial score (nSPS) is 32.2. The molecular weight excluding hydrogens is 741 g/mol. The maximum Gasteiger partial charge on any atom is 0.456 e. The highest BCUT2D eigenvalue weighted by Gasteiger charge is 2.79. The molecule has 0 bridgehead atoms.